The zero-order valence-corrected chi connectivity index (χ0v) is 18.0. The second-order valence-electron chi connectivity index (χ2n) is 7.26. The van der Waals surface area contributed by atoms with Crippen LogP contribution in [0.1, 0.15) is 24.5 Å². The number of benzene rings is 2. The summed E-state index contributed by atoms with van der Waals surface area (Å²) >= 11 is 0. The summed E-state index contributed by atoms with van der Waals surface area (Å²) in [7, 11) is -3.53. The highest BCUT2D eigenvalue weighted by Crippen LogP contribution is 2.24. The number of nitrogens with zero attached hydrogens (tertiary/aromatic N) is 2. The van der Waals surface area contributed by atoms with Gasteiger partial charge in [0.05, 0.1) is 4.90 Å². The second-order valence-corrected chi connectivity index (χ2v) is 9.19. The molecule has 2 aromatic rings. The lowest BCUT2D eigenvalue weighted by Crippen LogP contribution is -2.53. The predicted octanol–water partition coefficient (Wildman–Crippen LogP) is 2.99. The topological polar surface area (TPSA) is 66.9 Å². The molecule has 0 N–H and O–H groups in total. The van der Waals surface area contributed by atoms with Gasteiger partial charge in [-0.15, -0.1) is 0 Å². The van der Waals surface area contributed by atoms with Crippen LogP contribution in [0.3, 0.4) is 0 Å². The number of carbonyl (C=O) groups excluding carboxylic acids is 1. The molecule has 1 aliphatic heterocycles. The van der Waals surface area contributed by atoms with Gasteiger partial charge < -0.3 is 9.64 Å². The first kappa shape index (κ1) is 21.3. The van der Waals surface area contributed by atoms with Gasteiger partial charge in [-0.05, 0) is 49.6 Å². The summed E-state index contributed by atoms with van der Waals surface area (Å²) in [5.74, 6) is 0.626. The SMILES string of the molecule is CC[C@H](Oc1cccc(C)c1C)C(=O)N1CCN(S(=O)(=O)c2ccccc2)CC1. The molecule has 0 spiro atoms. The van der Waals surface area contributed by atoms with Crippen molar-refractivity contribution in [1.82, 2.24) is 9.21 Å². The van der Waals surface area contributed by atoms with Gasteiger partial charge in [-0.1, -0.05) is 37.3 Å². The maximum absolute atomic E-state index is 13.0. The first-order valence-electron chi connectivity index (χ1n) is 9.91. The highest BCUT2D eigenvalue weighted by molar-refractivity contribution is 7.89. The molecule has 6 nitrogen and oxygen atoms in total. The van der Waals surface area contributed by atoms with Crippen molar-refractivity contribution in [3.63, 3.8) is 0 Å². The predicted molar refractivity (Wildman–Crippen MR) is 112 cm³/mol. The fraction of sp³-hybridized carbons (Fsp3) is 0.409. The van der Waals surface area contributed by atoms with Crippen LogP contribution in [0.15, 0.2) is 53.4 Å². The van der Waals surface area contributed by atoms with Crippen molar-refractivity contribution in [3.05, 3.63) is 59.7 Å². The third-order valence-electron chi connectivity index (χ3n) is 5.40. The van der Waals surface area contributed by atoms with Gasteiger partial charge in [-0.25, -0.2) is 8.42 Å². The minimum Gasteiger partial charge on any atom is -0.480 e. The lowest BCUT2D eigenvalue weighted by atomic mass is 10.1. The van der Waals surface area contributed by atoms with Gasteiger partial charge in [0.25, 0.3) is 5.91 Å². The molecular formula is C22H28N2O4S. The zero-order valence-electron chi connectivity index (χ0n) is 17.2. The lowest BCUT2D eigenvalue weighted by Gasteiger charge is -2.35. The highest BCUT2D eigenvalue weighted by Gasteiger charge is 2.32. The molecule has 2 aromatic carbocycles. The van der Waals surface area contributed by atoms with Gasteiger partial charge in [-0.2, -0.15) is 4.31 Å². The van der Waals surface area contributed by atoms with Crippen LogP contribution in [0.4, 0.5) is 0 Å². The summed E-state index contributed by atoms with van der Waals surface area (Å²) in [6.45, 7) is 7.19. The number of hydrogen-bond donors (Lipinski definition) is 0. The number of carbonyl (C=O) groups is 1. The third kappa shape index (κ3) is 4.62. The normalized spacial score (nSPS) is 16.4. The van der Waals surface area contributed by atoms with Crippen molar-refractivity contribution in [2.75, 3.05) is 26.2 Å². The Morgan fingerprint density at radius 1 is 1.00 bits per heavy atom. The van der Waals surface area contributed by atoms with E-state index in [2.05, 4.69) is 0 Å². The Hall–Kier alpha value is -2.38. The van der Waals surface area contributed by atoms with Crippen LogP contribution >= 0.6 is 0 Å². The molecule has 1 fully saturated rings. The zero-order chi connectivity index (χ0) is 21.0. The van der Waals surface area contributed by atoms with Gasteiger partial charge in [0.15, 0.2) is 6.10 Å². The van der Waals surface area contributed by atoms with E-state index in [1.165, 1.54) is 4.31 Å². The third-order valence-corrected chi connectivity index (χ3v) is 7.31. The van der Waals surface area contributed by atoms with Crippen LogP contribution in [0.5, 0.6) is 5.75 Å². The molecule has 7 heteroatoms. The summed E-state index contributed by atoms with van der Waals surface area (Å²) in [5.41, 5.74) is 2.14. The second kappa shape index (κ2) is 8.97. The number of hydrogen-bond acceptors (Lipinski definition) is 4. The minimum absolute atomic E-state index is 0.0924. The van der Waals surface area contributed by atoms with E-state index >= 15 is 0 Å². The van der Waals surface area contributed by atoms with E-state index in [-0.39, 0.29) is 23.9 Å². The summed E-state index contributed by atoms with van der Waals surface area (Å²) in [6.07, 6.45) is -0.0258. The Bertz CT molecular complexity index is 952. The van der Waals surface area contributed by atoms with Crippen molar-refractivity contribution in [2.24, 2.45) is 0 Å². The van der Waals surface area contributed by atoms with Gasteiger partial charge >= 0.3 is 0 Å². The molecule has 1 amide bonds. The Balaban J connectivity index is 1.65. The monoisotopic (exact) mass is 416 g/mol. The van der Waals surface area contributed by atoms with Crippen LogP contribution < -0.4 is 4.74 Å². The molecule has 0 bridgehead atoms. The fourth-order valence-corrected chi connectivity index (χ4v) is 4.85. The fourth-order valence-electron chi connectivity index (χ4n) is 3.41. The van der Waals surface area contributed by atoms with E-state index < -0.39 is 16.1 Å². The molecule has 1 saturated heterocycles. The maximum Gasteiger partial charge on any atom is 0.263 e. The first-order chi connectivity index (χ1) is 13.8. The lowest BCUT2D eigenvalue weighted by molar-refractivity contribution is -0.140. The van der Waals surface area contributed by atoms with Crippen molar-refractivity contribution < 1.29 is 17.9 Å². The number of rotatable bonds is 6. The van der Waals surface area contributed by atoms with Crippen LogP contribution in [0.25, 0.3) is 0 Å². The molecule has 0 aliphatic carbocycles. The van der Waals surface area contributed by atoms with Crippen LogP contribution in [0.2, 0.25) is 0 Å². The molecule has 1 atom stereocenters. The molecule has 0 saturated carbocycles. The van der Waals surface area contributed by atoms with Crippen molar-refractivity contribution in [1.29, 1.82) is 0 Å². The molecule has 0 aromatic heterocycles. The van der Waals surface area contributed by atoms with E-state index in [0.717, 1.165) is 16.9 Å². The first-order valence-corrected chi connectivity index (χ1v) is 11.4. The molecule has 3 rings (SSSR count). The van der Waals surface area contributed by atoms with Gasteiger partial charge in [0.1, 0.15) is 5.75 Å². The summed E-state index contributed by atoms with van der Waals surface area (Å²) in [4.78, 5) is 15.0. The largest absolute Gasteiger partial charge is 0.480 e. The van der Waals surface area contributed by atoms with E-state index in [1.807, 2.05) is 39.0 Å². The van der Waals surface area contributed by atoms with E-state index in [1.54, 1.807) is 35.2 Å². The van der Waals surface area contributed by atoms with E-state index in [4.69, 9.17) is 4.74 Å². The van der Waals surface area contributed by atoms with Gasteiger partial charge in [-0.3, -0.25) is 4.79 Å². The van der Waals surface area contributed by atoms with Crippen LogP contribution in [-0.2, 0) is 14.8 Å². The molecular weight excluding hydrogens is 388 g/mol. The van der Waals surface area contributed by atoms with Gasteiger partial charge in [0, 0.05) is 26.2 Å². The molecule has 0 unspecified atom stereocenters. The summed E-state index contributed by atoms with van der Waals surface area (Å²) in [6, 6.07) is 14.2. The smallest absolute Gasteiger partial charge is 0.263 e. The molecule has 1 heterocycles. The highest BCUT2D eigenvalue weighted by atomic mass is 32.2. The molecule has 1 aliphatic rings. The Morgan fingerprint density at radius 2 is 1.66 bits per heavy atom. The number of ether oxygens (including phenoxy) is 1. The standard InChI is InChI=1S/C22H28N2O4S/c1-4-20(28-21-12-8-9-17(2)18(21)3)22(25)23-13-15-24(16-14-23)29(26,27)19-10-6-5-7-11-19/h5-12,20H,4,13-16H2,1-3H3/t20-/m0/s1. The quantitative estimate of drug-likeness (QED) is 0.726. The average Bonchev–Trinajstić information content (AvgIpc) is 2.75. The average molecular weight is 417 g/mol. The number of aryl methyl sites for hydroxylation is 1. The molecule has 0 radical (unpaired) electrons. The Morgan fingerprint density at radius 3 is 2.28 bits per heavy atom. The minimum atomic E-state index is -3.53. The van der Waals surface area contributed by atoms with E-state index in [0.29, 0.717) is 19.5 Å². The van der Waals surface area contributed by atoms with E-state index in [9.17, 15) is 13.2 Å². The maximum atomic E-state index is 13.0. The number of piperazine rings is 1. The number of sulfonamides is 1. The molecule has 29 heavy (non-hydrogen) atoms. The van der Waals surface area contributed by atoms with Crippen molar-refractivity contribution in [3.8, 4) is 5.75 Å². The van der Waals surface area contributed by atoms with Gasteiger partial charge in [0.2, 0.25) is 10.0 Å². The Labute approximate surface area is 173 Å². The number of amides is 1. The summed E-state index contributed by atoms with van der Waals surface area (Å²) in [5, 5.41) is 0. The van der Waals surface area contributed by atoms with Crippen molar-refractivity contribution in [2.45, 2.75) is 38.2 Å². The van der Waals surface area contributed by atoms with Crippen LogP contribution in [-0.4, -0.2) is 55.8 Å². The van der Waals surface area contributed by atoms with Crippen molar-refractivity contribution >= 4 is 15.9 Å². The molecule has 156 valence electrons. The Kier molecular flexibility index (Phi) is 6.59. The van der Waals surface area contributed by atoms with Crippen LogP contribution in [0, 0.1) is 13.8 Å². The summed E-state index contributed by atoms with van der Waals surface area (Å²) < 4.78 is 33.0.